The first-order valence-electron chi connectivity index (χ1n) is 8.94. The highest BCUT2D eigenvalue weighted by molar-refractivity contribution is 5.28. The van der Waals surface area contributed by atoms with Crippen LogP contribution in [0, 0.1) is 18.8 Å². The van der Waals surface area contributed by atoms with Crippen LogP contribution >= 0.6 is 0 Å². The number of rotatable bonds is 3. The molecule has 2 fully saturated rings. The summed E-state index contributed by atoms with van der Waals surface area (Å²) < 4.78 is 6.78. The largest absolute Gasteiger partial charge is 0.366 e. The van der Waals surface area contributed by atoms with Gasteiger partial charge < -0.3 is 4.74 Å². The highest BCUT2D eigenvalue weighted by atomic mass is 16.5. The molecule has 0 aromatic heterocycles. The minimum Gasteiger partial charge on any atom is -0.366 e. The zero-order chi connectivity index (χ0) is 16.6. The zero-order valence-corrected chi connectivity index (χ0v) is 15.1. The van der Waals surface area contributed by atoms with E-state index in [0.717, 1.165) is 12.8 Å². The van der Waals surface area contributed by atoms with Crippen molar-refractivity contribution in [1.29, 1.82) is 0 Å². The van der Waals surface area contributed by atoms with Crippen molar-refractivity contribution in [1.82, 2.24) is 0 Å². The summed E-state index contributed by atoms with van der Waals surface area (Å²) in [4.78, 5) is 0. The molecule has 1 aliphatic carbocycles. The fourth-order valence-corrected chi connectivity index (χ4v) is 4.17. The Hall–Kier alpha value is -1.34. The molecule has 0 amide bonds. The topological polar surface area (TPSA) is 9.23 Å². The Morgan fingerprint density at radius 3 is 2.65 bits per heavy atom. The second-order valence-electron chi connectivity index (χ2n) is 7.98. The molecule has 1 heterocycles. The molecule has 1 aromatic carbocycles. The van der Waals surface area contributed by atoms with Crippen molar-refractivity contribution < 1.29 is 4.74 Å². The van der Waals surface area contributed by atoms with Gasteiger partial charge in [0.15, 0.2) is 0 Å². The average Bonchev–Trinajstić information content (AvgIpc) is 2.52. The first-order valence-corrected chi connectivity index (χ1v) is 8.94. The highest BCUT2D eigenvalue weighted by Gasteiger charge is 2.48. The number of ether oxygens (including phenoxy) is 1. The van der Waals surface area contributed by atoms with Gasteiger partial charge in [-0.2, -0.15) is 0 Å². The van der Waals surface area contributed by atoms with E-state index in [1.54, 1.807) is 0 Å². The molecule has 4 atom stereocenters. The van der Waals surface area contributed by atoms with E-state index in [2.05, 4.69) is 64.6 Å². The van der Waals surface area contributed by atoms with Gasteiger partial charge in [-0.3, -0.25) is 0 Å². The Labute approximate surface area is 141 Å². The molecule has 1 aromatic rings. The van der Waals surface area contributed by atoms with E-state index < -0.39 is 0 Å². The number of allylic oxidation sites excluding steroid dienone is 1. The molecule has 0 unspecified atom stereocenters. The average molecular weight is 310 g/mol. The predicted octanol–water partition coefficient (Wildman–Crippen LogP) is 6.15. The molecule has 0 radical (unpaired) electrons. The maximum atomic E-state index is 6.78. The summed E-state index contributed by atoms with van der Waals surface area (Å²) >= 11 is 0. The number of hydrogen-bond donors (Lipinski definition) is 0. The second kappa shape index (κ2) is 6.28. The van der Waals surface area contributed by atoms with Crippen LogP contribution in [-0.2, 0) is 4.74 Å². The maximum Gasteiger partial charge on any atom is 0.0897 e. The minimum absolute atomic E-state index is 0.0516. The van der Waals surface area contributed by atoms with Gasteiger partial charge in [0.2, 0.25) is 0 Å². The number of fused-ring (bicyclic) bond motifs is 2. The molecule has 1 saturated carbocycles. The van der Waals surface area contributed by atoms with Gasteiger partial charge in [-0.05, 0) is 64.9 Å². The molecule has 1 nitrogen and oxygen atoms in total. The van der Waals surface area contributed by atoms with E-state index in [-0.39, 0.29) is 11.7 Å². The number of benzene rings is 1. The first kappa shape index (κ1) is 16.5. The van der Waals surface area contributed by atoms with E-state index in [0.29, 0.717) is 11.8 Å². The fraction of sp³-hybridized carbons (Fsp3) is 0.545. The van der Waals surface area contributed by atoms with Crippen molar-refractivity contribution in [3.05, 3.63) is 59.2 Å². The molecule has 1 aliphatic heterocycles. The molecule has 0 N–H and O–H groups in total. The molecule has 3 rings (SSSR count). The van der Waals surface area contributed by atoms with E-state index in [1.165, 1.54) is 35.1 Å². The van der Waals surface area contributed by atoms with Crippen LogP contribution in [0.2, 0.25) is 0 Å². The van der Waals surface area contributed by atoms with Crippen LogP contribution in [0.4, 0.5) is 0 Å². The first-order chi connectivity index (χ1) is 10.9. The van der Waals surface area contributed by atoms with E-state index >= 15 is 0 Å². The summed E-state index contributed by atoms with van der Waals surface area (Å²) in [6.45, 7) is 13.2. The molecule has 1 heteroatoms. The van der Waals surface area contributed by atoms with Crippen molar-refractivity contribution in [2.45, 2.75) is 65.1 Å². The van der Waals surface area contributed by atoms with Gasteiger partial charge >= 0.3 is 0 Å². The Bertz CT molecular complexity index is 605. The molecule has 2 bridgehead atoms. The predicted molar refractivity (Wildman–Crippen MR) is 97.4 cm³/mol. The van der Waals surface area contributed by atoms with Crippen LogP contribution in [0.15, 0.2) is 48.1 Å². The molecule has 23 heavy (non-hydrogen) atoms. The summed E-state index contributed by atoms with van der Waals surface area (Å²) in [5.74, 6) is 1.13. The van der Waals surface area contributed by atoms with E-state index in [4.69, 9.17) is 4.74 Å². The van der Waals surface area contributed by atoms with Crippen LogP contribution in [0.3, 0.4) is 0 Å². The van der Waals surface area contributed by atoms with Crippen molar-refractivity contribution in [3.63, 3.8) is 0 Å². The Morgan fingerprint density at radius 2 is 2.00 bits per heavy atom. The summed E-state index contributed by atoms with van der Waals surface area (Å²) in [5, 5.41) is 0. The van der Waals surface area contributed by atoms with Gasteiger partial charge in [-0.25, -0.2) is 0 Å². The van der Waals surface area contributed by atoms with Gasteiger partial charge in [0.05, 0.1) is 11.7 Å². The Balaban J connectivity index is 1.92. The van der Waals surface area contributed by atoms with Crippen LogP contribution < -0.4 is 0 Å². The van der Waals surface area contributed by atoms with Crippen LogP contribution in [-0.4, -0.2) is 5.60 Å². The summed E-state index contributed by atoms with van der Waals surface area (Å²) in [6, 6.07) is 8.88. The van der Waals surface area contributed by atoms with E-state index in [9.17, 15) is 0 Å². The molecule has 124 valence electrons. The van der Waals surface area contributed by atoms with Crippen LogP contribution in [0.5, 0.6) is 0 Å². The monoisotopic (exact) mass is 310 g/mol. The normalized spacial score (nSPS) is 33.4. The maximum absolute atomic E-state index is 6.78. The molecular weight excluding hydrogens is 280 g/mol. The molecular formula is C22H30O. The lowest BCUT2D eigenvalue weighted by molar-refractivity contribution is -0.181. The second-order valence-corrected chi connectivity index (χ2v) is 7.98. The highest BCUT2D eigenvalue weighted by Crippen LogP contribution is 2.53. The lowest BCUT2D eigenvalue weighted by Crippen LogP contribution is -2.48. The van der Waals surface area contributed by atoms with Crippen molar-refractivity contribution in [2.24, 2.45) is 11.8 Å². The third-order valence-electron chi connectivity index (χ3n) is 5.82. The van der Waals surface area contributed by atoms with Gasteiger partial charge in [0, 0.05) is 5.92 Å². The van der Waals surface area contributed by atoms with Gasteiger partial charge in [0.25, 0.3) is 0 Å². The SMILES string of the molecule is C=C1CC[C@@H]2C[C@@H]1[C@H](c1ccc(C)cc1)O[C@]2(C)CC=C(C)C. The van der Waals surface area contributed by atoms with Crippen molar-refractivity contribution in [3.8, 4) is 0 Å². The third-order valence-corrected chi connectivity index (χ3v) is 5.82. The number of aryl methyl sites for hydroxylation is 1. The summed E-state index contributed by atoms with van der Waals surface area (Å²) in [6.07, 6.45) is 7.13. The minimum atomic E-state index is -0.0516. The van der Waals surface area contributed by atoms with Crippen LogP contribution in [0.1, 0.15) is 63.7 Å². The quantitative estimate of drug-likeness (QED) is 0.608. The Morgan fingerprint density at radius 1 is 1.30 bits per heavy atom. The number of hydrogen-bond acceptors (Lipinski definition) is 1. The van der Waals surface area contributed by atoms with Crippen LogP contribution in [0.25, 0.3) is 0 Å². The summed E-state index contributed by atoms with van der Waals surface area (Å²) in [7, 11) is 0. The van der Waals surface area contributed by atoms with E-state index in [1.807, 2.05) is 0 Å². The third kappa shape index (κ3) is 3.30. The zero-order valence-electron chi connectivity index (χ0n) is 15.1. The van der Waals surface area contributed by atoms with Gasteiger partial charge in [-0.1, -0.05) is 53.6 Å². The molecule has 2 aliphatic rings. The van der Waals surface area contributed by atoms with Crippen molar-refractivity contribution in [2.75, 3.05) is 0 Å². The van der Waals surface area contributed by atoms with Gasteiger partial charge in [-0.15, -0.1) is 0 Å². The smallest absolute Gasteiger partial charge is 0.0897 e. The van der Waals surface area contributed by atoms with Gasteiger partial charge in [0.1, 0.15) is 0 Å². The molecule has 0 spiro atoms. The fourth-order valence-electron chi connectivity index (χ4n) is 4.17. The lowest BCUT2D eigenvalue weighted by atomic mass is 9.65. The summed E-state index contributed by atoms with van der Waals surface area (Å²) in [5.41, 5.74) is 5.33. The lowest BCUT2D eigenvalue weighted by Gasteiger charge is -2.52. The standard InChI is InChI=1S/C22H30O/c1-15(2)12-13-22(5)19-11-8-17(4)20(14-19)21(23-22)18-9-6-16(3)7-10-18/h6-7,9-10,12,19-21H,4,8,11,13-14H2,1-3,5H3/t19-,20+,21+,22-/m1/s1. The van der Waals surface area contributed by atoms with Crippen molar-refractivity contribution >= 4 is 0 Å². The Kier molecular flexibility index (Phi) is 4.51. The molecule has 1 saturated heterocycles.